The SMILES string of the molecule is COC[C@@H]1C[C@@H](C(=O)Cc2cc(-c3cnc(F)c(NCC4CCOCC4)n3)c(Cl)cn2)CN1. The zero-order valence-electron chi connectivity index (χ0n) is 18.7. The fourth-order valence-electron chi connectivity index (χ4n) is 4.30. The summed E-state index contributed by atoms with van der Waals surface area (Å²) in [5.74, 6) is -0.126. The lowest BCUT2D eigenvalue weighted by molar-refractivity contribution is -0.121. The number of rotatable bonds is 9. The maximum atomic E-state index is 14.3. The predicted molar refractivity (Wildman–Crippen MR) is 123 cm³/mol. The molecular weight excluding hydrogens is 449 g/mol. The number of nitrogens with one attached hydrogen (secondary N) is 2. The molecule has 2 aliphatic rings. The number of nitrogens with zero attached hydrogens (tertiary/aromatic N) is 3. The lowest BCUT2D eigenvalue weighted by Crippen LogP contribution is -2.26. The van der Waals surface area contributed by atoms with Crippen LogP contribution in [-0.2, 0) is 20.7 Å². The molecule has 0 spiro atoms. The number of carbonyl (C=O) groups excluding carboxylic acids is 1. The van der Waals surface area contributed by atoms with Gasteiger partial charge in [-0.25, -0.2) is 9.97 Å². The van der Waals surface area contributed by atoms with E-state index in [0.717, 1.165) is 32.5 Å². The second-order valence-electron chi connectivity index (χ2n) is 8.62. The van der Waals surface area contributed by atoms with E-state index in [2.05, 4.69) is 25.6 Å². The Morgan fingerprint density at radius 1 is 1.33 bits per heavy atom. The lowest BCUT2D eigenvalue weighted by atomic mass is 9.96. The van der Waals surface area contributed by atoms with Crippen molar-refractivity contribution >= 4 is 23.2 Å². The number of aromatic nitrogens is 3. The summed E-state index contributed by atoms with van der Waals surface area (Å²) in [5.41, 5.74) is 1.59. The number of halogens is 2. The zero-order valence-corrected chi connectivity index (χ0v) is 19.4. The summed E-state index contributed by atoms with van der Waals surface area (Å²) < 4.78 is 24.8. The van der Waals surface area contributed by atoms with Crippen LogP contribution in [0, 0.1) is 17.8 Å². The van der Waals surface area contributed by atoms with Crippen LogP contribution in [0.3, 0.4) is 0 Å². The third kappa shape index (κ3) is 6.23. The Hall–Kier alpha value is -2.20. The average Bonchev–Trinajstić information content (AvgIpc) is 3.30. The second-order valence-corrected chi connectivity index (χ2v) is 9.03. The highest BCUT2D eigenvalue weighted by Gasteiger charge is 2.29. The lowest BCUT2D eigenvalue weighted by Gasteiger charge is -2.22. The minimum Gasteiger partial charge on any atom is -0.383 e. The molecule has 0 radical (unpaired) electrons. The van der Waals surface area contributed by atoms with E-state index in [9.17, 15) is 9.18 Å². The van der Waals surface area contributed by atoms with Crippen molar-refractivity contribution in [3.63, 3.8) is 0 Å². The third-order valence-corrected chi connectivity index (χ3v) is 6.52. The van der Waals surface area contributed by atoms with Gasteiger partial charge in [0.15, 0.2) is 5.82 Å². The summed E-state index contributed by atoms with van der Waals surface area (Å²) in [7, 11) is 1.65. The van der Waals surface area contributed by atoms with Crippen LogP contribution in [0.1, 0.15) is 25.0 Å². The van der Waals surface area contributed by atoms with Crippen molar-refractivity contribution in [3.05, 3.63) is 35.1 Å². The molecule has 0 saturated carbocycles. The maximum absolute atomic E-state index is 14.3. The highest BCUT2D eigenvalue weighted by molar-refractivity contribution is 6.33. The van der Waals surface area contributed by atoms with Crippen LogP contribution in [0.25, 0.3) is 11.3 Å². The van der Waals surface area contributed by atoms with Crippen molar-refractivity contribution in [1.82, 2.24) is 20.3 Å². The van der Waals surface area contributed by atoms with Crippen molar-refractivity contribution in [2.75, 3.05) is 45.3 Å². The molecule has 8 nitrogen and oxygen atoms in total. The van der Waals surface area contributed by atoms with E-state index in [0.29, 0.717) is 47.6 Å². The first-order valence-corrected chi connectivity index (χ1v) is 11.6. The van der Waals surface area contributed by atoms with Gasteiger partial charge in [-0.15, -0.1) is 0 Å². The van der Waals surface area contributed by atoms with Gasteiger partial charge in [-0.2, -0.15) is 4.39 Å². The number of methoxy groups -OCH3 is 1. The van der Waals surface area contributed by atoms with E-state index >= 15 is 0 Å². The molecule has 0 bridgehead atoms. The van der Waals surface area contributed by atoms with Crippen molar-refractivity contribution in [2.45, 2.75) is 31.7 Å². The summed E-state index contributed by atoms with van der Waals surface area (Å²) in [6, 6.07) is 1.93. The predicted octanol–water partition coefficient (Wildman–Crippen LogP) is 2.91. The van der Waals surface area contributed by atoms with Crippen LogP contribution in [0.4, 0.5) is 10.2 Å². The fourth-order valence-corrected chi connectivity index (χ4v) is 4.50. The first-order chi connectivity index (χ1) is 16.0. The summed E-state index contributed by atoms with van der Waals surface area (Å²) >= 11 is 6.37. The van der Waals surface area contributed by atoms with Gasteiger partial charge in [0.05, 0.1) is 23.5 Å². The van der Waals surface area contributed by atoms with E-state index in [-0.39, 0.29) is 30.0 Å². The second kappa shape index (κ2) is 11.3. The van der Waals surface area contributed by atoms with Crippen molar-refractivity contribution in [3.8, 4) is 11.3 Å². The molecule has 2 N–H and O–H groups in total. The van der Waals surface area contributed by atoms with E-state index < -0.39 is 5.95 Å². The number of anilines is 1. The number of pyridine rings is 1. The molecule has 178 valence electrons. The van der Waals surface area contributed by atoms with Crippen molar-refractivity contribution in [2.24, 2.45) is 11.8 Å². The molecule has 4 rings (SSSR count). The molecule has 2 atom stereocenters. The molecule has 2 aromatic heterocycles. The number of Topliss-reactive ketones (excluding diaryl/α,β-unsaturated/α-hetero) is 1. The average molecular weight is 478 g/mol. The third-order valence-electron chi connectivity index (χ3n) is 6.22. The minimum absolute atomic E-state index is 0.0716. The Kier molecular flexibility index (Phi) is 8.19. The molecule has 10 heteroatoms. The van der Waals surface area contributed by atoms with Crippen molar-refractivity contribution in [1.29, 1.82) is 0 Å². The molecule has 0 aromatic carbocycles. The topological polar surface area (TPSA) is 98.3 Å². The van der Waals surface area contributed by atoms with E-state index in [1.807, 2.05) is 0 Å². The molecule has 2 aromatic rings. The van der Waals surface area contributed by atoms with Gasteiger partial charge in [0.1, 0.15) is 5.78 Å². The van der Waals surface area contributed by atoms with E-state index in [1.165, 1.54) is 12.4 Å². The van der Waals surface area contributed by atoms with Crippen LogP contribution in [0.2, 0.25) is 5.02 Å². The highest BCUT2D eigenvalue weighted by Crippen LogP contribution is 2.28. The molecule has 0 aliphatic carbocycles. The number of ketones is 1. The first kappa shape index (κ1) is 23.9. The van der Waals surface area contributed by atoms with Gasteiger partial charge in [-0.3, -0.25) is 9.78 Å². The largest absolute Gasteiger partial charge is 0.383 e. The molecule has 2 aliphatic heterocycles. The molecule has 0 amide bonds. The first-order valence-electron chi connectivity index (χ1n) is 11.3. The molecule has 2 saturated heterocycles. The van der Waals surface area contributed by atoms with Gasteiger partial charge in [-0.05, 0) is 31.2 Å². The van der Waals surface area contributed by atoms with Crippen LogP contribution >= 0.6 is 11.6 Å². The Bertz CT molecular complexity index is 973. The number of carbonyl (C=O) groups is 1. The number of hydrogen-bond donors (Lipinski definition) is 2. The monoisotopic (exact) mass is 477 g/mol. The summed E-state index contributed by atoms with van der Waals surface area (Å²) in [6.07, 6.45) is 5.65. The maximum Gasteiger partial charge on any atom is 0.255 e. The van der Waals surface area contributed by atoms with Gasteiger partial charge in [0, 0.05) is 69.2 Å². The fraction of sp³-hybridized carbons (Fsp3) is 0.565. The number of ether oxygens (including phenoxy) is 2. The summed E-state index contributed by atoms with van der Waals surface area (Å²) in [4.78, 5) is 25.4. The minimum atomic E-state index is -0.661. The van der Waals surface area contributed by atoms with Crippen LogP contribution < -0.4 is 10.6 Å². The Labute approximate surface area is 197 Å². The quantitative estimate of drug-likeness (QED) is 0.569. The van der Waals surface area contributed by atoms with E-state index in [4.69, 9.17) is 21.1 Å². The standard InChI is InChI=1S/C23H29ClFN5O3/c1-32-13-17-6-15(10-26-17)21(31)8-16-7-18(19(24)11-27-16)20-12-28-22(25)23(30-20)29-9-14-2-4-33-5-3-14/h7,11-12,14-15,17,26H,2-6,8-10,13H2,1H3,(H,29,30)/t15-,17+/m1/s1. The van der Waals surface area contributed by atoms with E-state index in [1.54, 1.807) is 13.2 Å². The molecule has 0 unspecified atom stereocenters. The Morgan fingerprint density at radius 3 is 2.94 bits per heavy atom. The Balaban J connectivity index is 1.45. The molecular formula is C23H29ClFN5O3. The van der Waals surface area contributed by atoms with Gasteiger partial charge in [-0.1, -0.05) is 11.6 Å². The highest BCUT2D eigenvalue weighted by atomic mass is 35.5. The van der Waals surface area contributed by atoms with Crippen LogP contribution in [-0.4, -0.2) is 66.8 Å². The van der Waals surface area contributed by atoms with Gasteiger partial charge in [0.2, 0.25) is 0 Å². The summed E-state index contributed by atoms with van der Waals surface area (Å²) in [5, 5.41) is 6.76. The van der Waals surface area contributed by atoms with Gasteiger partial charge in [0.25, 0.3) is 5.95 Å². The summed E-state index contributed by atoms with van der Waals surface area (Å²) in [6.45, 7) is 3.26. The number of hydrogen-bond acceptors (Lipinski definition) is 8. The zero-order chi connectivity index (χ0) is 23.2. The smallest absolute Gasteiger partial charge is 0.255 e. The van der Waals surface area contributed by atoms with Gasteiger partial charge >= 0.3 is 0 Å². The Morgan fingerprint density at radius 2 is 2.15 bits per heavy atom. The van der Waals surface area contributed by atoms with Crippen LogP contribution in [0.15, 0.2) is 18.5 Å². The molecule has 2 fully saturated rings. The normalized spacial score (nSPS) is 21.3. The molecule has 4 heterocycles. The molecule has 33 heavy (non-hydrogen) atoms. The van der Waals surface area contributed by atoms with Crippen LogP contribution in [0.5, 0.6) is 0 Å². The van der Waals surface area contributed by atoms with Gasteiger partial charge < -0.3 is 20.1 Å². The van der Waals surface area contributed by atoms with Crippen molar-refractivity contribution < 1.29 is 18.7 Å².